The quantitative estimate of drug-likeness (QED) is 0.552. The van der Waals surface area contributed by atoms with Gasteiger partial charge < -0.3 is 20.3 Å². The highest BCUT2D eigenvalue weighted by atomic mass is 32.1. The number of amides is 1. The van der Waals surface area contributed by atoms with E-state index in [4.69, 9.17) is 0 Å². The number of thiophene rings is 1. The Morgan fingerprint density at radius 3 is 2.68 bits per heavy atom. The average Bonchev–Trinajstić information content (AvgIpc) is 3.14. The van der Waals surface area contributed by atoms with E-state index in [1.165, 1.54) is 18.4 Å². The highest BCUT2D eigenvalue weighted by Crippen LogP contribution is 2.33. The fourth-order valence-corrected chi connectivity index (χ4v) is 5.26. The number of piperidine rings is 1. The molecule has 1 saturated heterocycles. The summed E-state index contributed by atoms with van der Waals surface area (Å²) in [5.41, 5.74) is 0.985. The van der Waals surface area contributed by atoms with Crippen LogP contribution in [0.15, 0.2) is 27.8 Å². The van der Waals surface area contributed by atoms with E-state index in [2.05, 4.69) is 20.2 Å². The molecule has 0 atom stereocenters. The third-order valence-corrected chi connectivity index (χ3v) is 7.01. The van der Waals surface area contributed by atoms with E-state index in [1.807, 2.05) is 13.0 Å². The van der Waals surface area contributed by atoms with E-state index < -0.39 is 11.3 Å². The second kappa shape index (κ2) is 7.93. The van der Waals surface area contributed by atoms with Gasteiger partial charge in [-0.25, -0.2) is 9.78 Å². The minimum atomic E-state index is -0.883. The predicted octanol–water partition coefficient (Wildman–Crippen LogP) is 0.925. The topological polar surface area (TPSA) is 120 Å². The molecule has 10 heteroatoms. The third-order valence-electron chi connectivity index (χ3n) is 5.88. The van der Waals surface area contributed by atoms with Crippen LogP contribution < -0.4 is 21.5 Å². The summed E-state index contributed by atoms with van der Waals surface area (Å²) >= 11 is 1.32. The van der Waals surface area contributed by atoms with Crippen LogP contribution in [0, 0.1) is 6.92 Å². The van der Waals surface area contributed by atoms with Crippen LogP contribution in [0.3, 0.4) is 0 Å². The van der Waals surface area contributed by atoms with Crippen molar-refractivity contribution in [1.82, 2.24) is 19.9 Å². The molecule has 1 fully saturated rings. The van der Waals surface area contributed by atoms with Crippen molar-refractivity contribution in [2.45, 2.75) is 31.8 Å². The molecule has 164 valence electrons. The summed E-state index contributed by atoms with van der Waals surface area (Å²) in [4.78, 5) is 46.0. The standard InChI is InChI=1S/C21H25N5O4S/c1-12-16(5-4-14(23-12)18(27)22-2)26-8-6-21(30,7-9-26)11-13-10-15-17(31-13)19(28)25(3)20(29)24-15/h4-5,10,30H,6-9,11H2,1-3H3,(H,22,27)(H,24,29). The van der Waals surface area contributed by atoms with E-state index in [9.17, 15) is 19.5 Å². The van der Waals surface area contributed by atoms with Gasteiger partial charge in [0.2, 0.25) is 0 Å². The Labute approximate surface area is 182 Å². The molecule has 0 saturated carbocycles. The smallest absolute Gasteiger partial charge is 0.328 e. The summed E-state index contributed by atoms with van der Waals surface area (Å²) in [6, 6.07) is 5.40. The first kappa shape index (κ1) is 21.3. The number of aliphatic hydroxyl groups is 1. The summed E-state index contributed by atoms with van der Waals surface area (Å²) in [6.07, 6.45) is 1.55. The monoisotopic (exact) mass is 443 g/mol. The van der Waals surface area contributed by atoms with Crippen LogP contribution in [0.25, 0.3) is 10.2 Å². The van der Waals surface area contributed by atoms with Gasteiger partial charge in [-0.2, -0.15) is 0 Å². The number of hydrogen-bond donors (Lipinski definition) is 3. The number of rotatable bonds is 4. The Bertz CT molecular complexity index is 1270. The fourth-order valence-electron chi connectivity index (χ4n) is 4.03. The van der Waals surface area contributed by atoms with E-state index >= 15 is 0 Å². The number of nitrogens with one attached hydrogen (secondary N) is 2. The summed E-state index contributed by atoms with van der Waals surface area (Å²) < 4.78 is 1.55. The lowest BCUT2D eigenvalue weighted by Gasteiger charge is -2.39. The van der Waals surface area contributed by atoms with Crippen molar-refractivity contribution in [2.24, 2.45) is 7.05 Å². The Kier molecular flexibility index (Phi) is 5.44. The maximum atomic E-state index is 12.3. The van der Waals surface area contributed by atoms with Crippen molar-refractivity contribution in [3.63, 3.8) is 0 Å². The number of aromatic nitrogens is 3. The molecule has 0 bridgehead atoms. The zero-order valence-electron chi connectivity index (χ0n) is 17.7. The largest absolute Gasteiger partial charge is 0.389 e. The van der Waals surface area contributed by atoms with Gasteiger partial charge in [-0.3, -0.25) is 14.2 Å². The molecule has 0 radical (unpaired) electrons. The number of hydrogen-bond acceptors (Lipinski definition) is 7. The highest BCUT2D eigenvalue weighted by molar-refractivity contribution is 7.18. The molecule has 3 N–H and O–H groups in total. The lowest BCUT2D eigenvalue weighted by atomic mass is 9.87. The van der Waals surface area contributed by atoms with Crippen LogP contribution in [-0.4, -0.2) is 51.3 Å². The van der Waals surface area contributed by atoms with Crippen LogP contribution in [0.2, 0.25) is 0 Å². The van der Waals surface area contributed by atoms with Crippen molar-refractivity contribution in [2.75, 3.05) is 25.0 Å². The van der Waals surface area contributed by atoms with Crippen molar-refractivity contribution in [1.29, 1.82) is 0 Å². The molecule has 4 rings (SSSR count). The molecule has 0 aliphatic carbocycles. The number of nitrogens with zero attached hydrogens (tertiary/aromatic N) is 3. The molecule has 31 heavy (non-hydrogen) atoms. The number of carbonyl (C=O) groups excluding carboxylic acids is 1. The number of aromatic amines is 1. The maximum absolute atomic E-state index is 12.3. The Morgan fingerprint density at radius 2 is 2.03 bits per heavy atom. The van der Waals surface area contributed by atoms with Crippen molar-refractivity contribution in [3.05, 3.63) is 55.3 Å². The van der Waals surface area contributed by atoms with Crippen LogP contribution in [-0.2, 0) is 13.5 Å². The van der Waals surface area contributed by atoms with E-state index in [1.54, 1.807) is 19.2 Å². The van der Waals surface area contributed by atoms with Gasteiger partial charge in [0, 0.05) is 38.5 Å². The van der Waals surface area contributed by atoms with E-state index in [0.29, 0.717) is 48.3 Å². The molecule has 0 spiro atoms. The molecule has 1 aliphatic heterocycles. The SMILES string of the molecule is CNC(=O)c1ccc(N2CCC(O)(Cc3cc4[nH]c(=O)n(C)c(=O)c4s3)CC2)c(C)n1. The first-order chi connectivity index (χ1) is 14.7. The van der Waals surface area contributed by atoms with Crippen molar-refractivity contribution in [3.8, 4) is 0 Å². The van der Waals surface area contributed by atoms with Gasteiger partial charge in [0.15, 0.2) is 0 Å². The number of carbonyl (C=O) groups is 1. The number of aryl methyl sites for hydroxylation is 1. The normalized spacial score (nSPS) is 15.9. The van der Waals surface area contributed by atoms with Crippen molar-refractivity contribution >= 4 is 33.1 Å². The molecule has 3 aromatic rings. The Hall–Kier alpha value is -2.98. The average molecular weight is 444 g/mol. The molecular formula is C21H25N5O4S. The molecule has 3 aromatic heterocycles. The van der Waals surface area contributed by atoms with Gasteiger partial charge in [0.25, 0.3) is 11.5 Å². The highest BCUT2D eigenvalue weighted by Gasteiger charge is 2.34. The number of H-pyrrole nitrogens is 1. The molecule has 1 amide bonds. The summed E-state index contributed by atoms with van der Waals surface area (Å²) in [6.45, 7) is 3.19. The fraction of sp³-hybridized carbons (Fsp3) is 0.429. The lowest BCUT2D eigenvalue weighted by Crippen LogP contribution is -2.46. The first-order valence-corrected chi connectivity index (χ1v) is 10.9. The van der Waals surface area contributed by atoms with Gasteiger partial charge in [0.1, 0.15) is 10.4 Å². The molecule has 1 aliphatic rings. The zero-order valence-corrected chi connectivity index (χ0v) is 18.5. The number of fused-ring (bicyclic) bond motifs is 1. The zero-order chi connectivity index (χ0) is 22.3. The predicted molar refractivity (Wildman–Crippen MR) is 120 cm³/mol. The third kappa shape index (κ3) is 4.00. The lowest BCUT2D eigenvalue weighted by molar-refractivity contribution is 0.0172. The van der Waals surface area contributed by atoms with E-state index in [0.717, 1.165) is 20.8 Å². The van der Waals surface area contributed by atoms with Crippen molar-refractivity contribution < 1.29 is 9.90 Å². The van der Waals surface area contributed by atoms with Gasteiger partial charge in [-0.1, -0.05) is 0 Å². The van der Waals surface area contributed by atoms with E-state index in [-0.39, 0.29) is 11.5 Å². The minimum Gasteiger partial charge on any atom is -0.389 e. The molecule has 0 aromatic carbocycles. The number of pyridine rings is 1. The molecule has 4 heterocycles. The summed E-state index contributed by atoms with van der Waals surface area (Å²) in [7, 11) is 3.02. The second-order valence-corrected chi connectivity index (χ2v) is 9.15. The first-order valence-electron chi connectivity index (χ1n) is 10.1. The van der Waals surface area contributed by atoms with Crippen LogP contribution in [0.1, 0.15) is 33.9 Å². The van der Waals surface area contributed by atoms with Gasteiger partial charge in [0.05, 0.1) is 22.5 Å². The molecule has 0 unspecified atom stereocenters. The van der Waals surface area contributed by atoms with Crippen LogP contribution >= 0.6 is 11.3 Å². The molecule has 9 nitrogen and oxygen atoms in total. The maximum Gasteiger partial charge on any atom is 0.328 e. The summed E-state index contributed by atoms with van der Waals surface area (Å²) in [5, 5.41) is 13.7. The Morgan fingerprint density at radius 1 is 1.32 bits per heavy atom. The van der Waals surface area contributed by atoms with Crippen LogP contribution in [0.4, 0.5) is 5.69 Å². The van der Waals surface area contributed by atoms with Gasteiger partial charge in [-0.05, 0) is 38.0 Å². The second-order valence-electron chi connectivity index (χ2n) is 8.02. The van der Waals surface area contributed by atoms with Gasteiger partial charge in [-0.15, -0.1) is 11.3 Å². The minimum absolute atomic E-state index is 0.220. The Balaban J connectivity index is 1.48. The van der Waals surface area contributed by atoms with Crippen LogP contribution in [0.5, 0.6) is 0 Å². The number of anilines is 1. The molecular weight excluding hydrogens is 418 g/mol. The van der Waals surface area contributed by atoms with Gasteiger partial charge >= 0.3 is 5.69 Å². The summed E-state index contributed by atoms with van der Waals surface area (Å²) in [5.74, 6) is -0.220.